The Morgan fingerprint density at radius 2 is 2.02 bits per heavy atom. The number of carbonyl (C=O) groups is 1. The number of aliphatic hydroxyl groups is 1. The topological polar surface area (TPSA) is 114 Å². The van der Waals surface area contributed by atoms with Crippen LogP contribution in [0.2, 0.25) is 5.02 Å². The van der Waals surface area contributed by atoms with Crippen molar-refractivity contribution in [2.24, 2.45) is 17.8 Å². The number of nitrogens with zero attached hydrogens (tertiary/aromatic N) is 1. The van der Waals surface area contributed by atoms with Gasteiger partial charge in [-0.15, -0.1) is 0 Å². The van der Waals surface area contributed by atoms with Gasteiger partial charge in [-0.3, -0.25) is 4.79 Å². The van der Waals surface area contributed by atoms with E-state index >= 15 is 0 Å². The Morgan fingerprint density at radius 3 is 2.77 bits per heavy atom. The van der Waals surface area contributed by atoms with Crippen molar-refractivity contribution in [2.75, 3.05) is 45.4 Å². The lowest BCUT2D eigenvalue weighted by atomic mass is 9.68. The van der Waals surface area contributed by atoms with Gasteiger partial charge in [0.25, 0.3) is 5.91 Å². The number of rotatable bonds is 5. The number of halogens is 1. The molecular weight excluding hydrogens is 640 g/mol. The Balaban J connectivity index is 1.41. The van der Waals surface area contributed by atoms with Crippen molar-refractivity contribution in [1.82, 2.24) is 4.72 Å². The second-order valence-corrected chi connectivity index (χ2v) is 16.3. The van der Waals surface area contributed by atoms with Crippen molar-refractivity contribution >= 4 is 33.2 Å². The minimum Gasteiger partial charge on any atom is -0.490 e. The fraction of sp³-hybridized carbons (Fsp3) is 0.583. The fourth-order valence-corrected chi connectivity index (χ4v) is 10.1. The highest BCUT2D eigenvalue weighted by molar-refractivity contribution is 7.90. The molecule has 256 valence electrons. The summed E-state index contributed by atoms with van der Waals surface area (Å²) in [4.78, 5) is 16.0. The van der Waals surface area contributed by atoms with Gasteiger partial charge in [0.05, 0.1) is 36.4 Å². The number of ether oxygens (including phenoxy) is 3. The van der Waals surface area contributed by atoms with Crippen LogP contribution in [0.25, 0.3) is 0 Å². The number of aryl methyl sites for hydroxylation is 1. The van der Waals surface area contributed by atoms with Gasteiger partial charge in [-0.1, -0.05) is 36.7 Å². The Morgan fingerprint density at radius 1 is 1.19 bits per heavy atom. The molecule has 47 heavy (non-hydrogen) atoms. The van der Waals surface area contributed by atoms with E-state index in [4.69, 9.17) is 25.8 Å². The predicted molar refractivity (Wildman–Crippen MR) is 183 cm³/mol. The number of hydrogen-bond acceptors (Lipinski definition) is 8. The molecule has 2 bridgehead atoms. The maximum Gasteiger partial charge on any atom is 0.264 e. The third kappa shape index (κ3) is 7.08. The number of benzene rings is 2. The molecule has 2 aromatic carbocycles. The lowest BCUT2D eigenvalue weighted by Gasteiger charge is -2.46. The molecule has 1 spiro atoms. The maximum atomic E-state index is 13.8. The van der Waals surface area contributed by atoms with Crippen LogP contribution in [0.3, 0.4) is 0 Å². The first-order chi connectivity index (χ1) is 22.5. The molecule has 4 aliphatic rings. The largest absolute Gasteiger partial charge is 0.490 e. The molecule has 0 saturated heterocycles. The van der Waals surface area contributed by atoms with E-state index < -0.39 is 27.3 Å². The summed E-state index contributed by atoms with van der Waals surface area (Å²) in [6, 6.07) is 11.4. The number of anilines is 1. The maximum absolute atomic E-state index is 13.8. The molecule has 2 heterocycles. The molecule has 0 radical (unpaired) electrons. The molecule has 6 rings (SSSR count). The zero-order valence-corrected chi connectivity index (χ0v) is 29.1. The molecule has 7 atom stereocenters. The third-order valence-corrected chi connectivity index (χ3v) is 13.0. The van der Waals surface area contributed by atoms with Crippen molar-refractivity contribution in [2.45, 2.75) is 74.7 Å². The van der Waals surface area contributed by atoms with Gasteiger partial charge in [0, 0.05) is 43.3 Å². The summed E-state index contributed by atoms with van der Waals surface area (Å²) >= 11 is 6.42. The molecule has 1 fully saturated rings. The van der Waals surface area contributed by atoms with E-state index in [9.17, 15) is 18.3 Å². The van der Waals surface area contributed by atoms with Gasteiger partial charge in [0.1, 0.15) is 5.75 Å². The van der Waals surface area contributed by atoms with Crippen LogP contribution in [0.1, 0.15) is 66.9 Å². The molecule has 11 heteroatoms. The summed E-state index contributed by atoms with van der Waals surface area (Å²) < 4.78 is 47.6. The summed E-state index contributed by atoms with van der Waals surface area (Å²) in [5, 5.41) is 10.3. The number of amides is 1. The molecule has 2 aromatic rings. The van der Waals surface area contributed by atoms with Gasteiger partial charge in [-0.25, -0.2) is 13.1 Å². The Labute approximate surface area is 283 Å². The second-order valence-electron chi connectivity index (χ2n) is 14.0. The van der Waals surface area contributed by atoms with Gasteiger partial charge in [-0.05, 0) is 104 Å². The van der Waals surface area contributed by atoms with E-state index in [1.54, 1.807) is 25.3 Å². The van der Waals surface area contributed by atoms with Crippen molar-refractivity contribution in [3.8, 4) is 5.75 Å². The molecule has 0 unspecified atom stereocenters. The minimum atomic E-state index is -4.18. The van der Waals surface area contributed by atoms with Gasteiger partial charge >= 0.3 is 0 Å². The number of methoxy groups -OCH3 is 2. The number of carbonyl (C=O) groups excluding carboxylic acids is 1. The molecular formula is C36H47ClN2O7S. The summed E-state index contributed by atoms with van der Waals surface area (Å²) in [5.74, 6) is 0.255. The number of hydrogen-bond donors (Lipinski definition) is 2. The summed E-state index contributed by atoms with van der Waals surface area (Å²) in [6.45, 7) is 3.79. The van der Waals surface area contributed by atoms with E-state index in [1.165, 1.54) is 18.2 Å². The normalized spacial score (nSPS) is 31.7. The SMILES string of the molecule is COC[C@@H](O)C[C@H]1[C@@H](C)C/C=C/[C@H](OC)[C@@H]2CC[C@H]2CN2C[C@@]3(CCCc4cc(Cl)ccc43)COc3ccc(cc32)C(=O)NS1(=O)=O. The first kappa shape index (κ1) is 34.2. The minimum absolute atomic E-state index is 0.00297. The highest BCUT2D eigenvalue weighted by Gasteiger charge is 2.44. The third-order valence-electron chi connectivity index (χ3n) is 10.9. The van der Waals surface area contributed by atoms with E-state index in [1.807, 2.05) is 19.1 Å². The Bertz CT molecular complexity index is 1600. The predicted octanol–water partition coefficient (Wildman–Crippen LogP) is 5.28. The molecule has 2 aliphatic carbocycles. The van der Waals surface area contributed by atoms with Crippen molar-refractivity contribution in [3.63, 3.8) is 0 Å². The number of nitrogens with one attached hydrogen (secondary N) is 1. The molecule has 1 saturated carbocycles. The standard InChI is InChI=1S/C36H47ClN2O7S/c1-23-6-4-8-32(45-3)29-12-9-26(29)19-39-21-36(15-5-7-24-16-27(37)11-13-30(24)36)22-46-33-14-10-25(17-31(33)39)35(41)38-47(42,43)34(23)18-28(40)20-44-2/h4,8,10-11,13-14,16-17,23,26,28-29,32,34,40H,5-7,9,12,15,18-22H2,1-3H3,(H,38,41)/b8-4+/t23-,26-,28-,29+,32-,34-,36-/m0/s1. The van der Waals surface area contributed by atoms with Crippen molar-refractivity contribution < 1.29 is 32.5 Å². The second kappa shape index (κ2) is 14.1. The van der Waals surface area contributed by atoms with Crippen LogP contribution in [0, 0.1) is 17.8 Å². The van der Waals surface area contributed by atoms with Crippen LogP contribution >= 0.6 is 11.6 Å². The van der Waals surface area contributed by atoms with Crippen LogP contribution in [-0.4, -0.2) is 77.4 Å². The number of sulfonamides is 1. The van der Waals surface area contributed by atoms with Crippen LogP contribution in [0.15, 0.2) is 48.6 Å². The van der Waals surface area contributed by atoms with Crippen molar-refractivity contribution in [1.29, 1.82) is 0 Å². The highest BCUT2D eigenvalue weighted by atomic mass is 35.5. The zero-order chi connectivity index (χ0) is 33.3. The van der Waals surface area contributed by atoms with Crippen LogP contribution in [0.4, 0.5) is 5.69 Å². The van der Waals surface area contributed by atoms with Gasteiger partial charge in [0.2, 0.25) is 10.0 Å². The quantitative estimate of drug-likeness (QED) is 0.409. The smallest absolute Gasteiger partial charge is 0.264 e. The van der Waals surface area contributed by atoms with Crippen LogP contribution in [0.5, 0.6) is 5.75 Å². The van der Waals surface area contributed by atoms with E-state index in [0.717, 1.165) is 49.4 Å². The summed E-state index contributed by atoms with van der Waals surface area (Å²) in [7, 11) is -0.986. The van der Waals surface area contributed by atoms with Crippen LogP contribution in [-0.2, 0) is 31.3 Å². The lowest BCUT2D eigenvalue weighted by molar-refractivity contribution is 0.0131. The van der Waals surface area contributed by atoms with Gasteiger partial charge in [0.15, 0.2) is 0 Å². The van der Waals surface area contributed by atoms with Gasteiger partial charge < -0.3 is 24.2 Å². The number of allylic oxidation sites excluding steroid dienone is 1. The number of aliphatic hydroxyl groups excluding tert-OH is 1. The first-order valence-electron chi connectivity index (χ1n) is 16.8. The molecule has 9 nitrogen and oxygen atoms in total. The summed E-state index contributed by atoms with van der Waals surface area (Å²) in [5.41, 5.74) is 3.27. The Hall–Kier alpha value is -2.63. The van der Waals surface area contributed by atoms with Crippen LogP contribution < -0.4 is 14.4 Å². The Kier molecular flexibility index (Phi) is 10.3. The van der Waals surface area contributed by atoms with Crippen molar-refractivity contribution in [3.05, 3.63) is 70.3 Å². The average Bonchev–Trinajstić information content (AvgIpc) is 3.17. The molecule has 2 aliphatic heterocycles. The molecule has 0 aromatic heterocycles. The van der Waals surface area contributed by atoms with E-state index in [2.05, 4.69) is 27.8 Å². The van der Waals surface area contributed by atoms with Gasteiger partial charge in [-0.2, -0.15) is 0 Å². The monoisotopic (exact) mass is 686 g/mol. The van der Waals surface area contributed by atoms with E-state index in [-0.39, 0.29) is 36.0 Å². The van der Waals surface area contributed by atoms with E-state index in [0.29, 0.717) is 37.2 Å². The first-order valence-corrected chi connectivity index (χ1v) is 18.7. The fourth-order valence-electron chi connectivity index (χ4n) is 8.22. The zero-order valence-electron chi connectivity index (χ0n) is 27.5. The molecule has 2 N–H and O–H groups in total. The molecule has 1 amide bonds. The number of fused-ring (bicyclic) bond motifs is 4. The lowest BCUT2D eigenvalue weighted by Crippen LogP contribution is -2.49. The summed E-state index contributed by atoms with van der Waals surface area (Å²) in [6.07, 6.45) is 8.39. The average molecular weight is 687 g/mol. The highest BCUT2D eigenvalue weighted by Crippen LogP contribution is 2.47.